The van der Waals surface area contributed by atoms with Crippen LogP contribution in [0, 0.1) is 23.6 Å². The van der Waals surface area contributed by atoms with Crippen LogP contribution in [0.3, 0.4) is 0 Å². The van der Waals surface area contributed by atoms with Gasteiger partial charge in [-0.3, -0.25) is 0 Å². The summed E-state index contributed by atoms with van der Waals surface area (Å²) in [7, 11) is 0. The standard InChI is InChI=1S/C28H35F/c1-3-5-6-8-27-20-15-24(21-28(27)29)10-9-23-13-18-26(19-14-23)25-16-11-22(7-4-2)12-17-25/h11-12,15-17,20-21,23,26H,3-8,13-14,18-19H2,1-2H3/t23-,26-. The number of aryl methyl sites for hydroxylation is 2. The van der Waals surface area contributed by atoms with Gasteiger partial charge < -0.3 is 0 Å². The molecule has 29 heavy (non-hydrogen) atoms. The van der Waals surface area contributed by atoms with Crippen molar-refractivity contribution in [2.45, 2.75) is 84.0 Å². The zero-order chi connectivity index (χ0) is 20.5. The summed E-state index contributed by atoms with van der Waals surface area (Å²) in [6, 6.07) is 14.8. The molecule has 0 nitrogen and oxygen atoms in total. The van der Waals surface area contributed by atoms with Gasteiger partial charge in [0.15, 0.2) is 0 Å². The number of halogens is 1. The molecule has 1 fully saturated rings. The molecule has 0 unspecified atom stereocenters. The van der Waals surface area contributed by atoms with Crippen molar-refractivity contribution in [1.29, 1.82) is 0 Å². The first-order chi connectivity index (χ1) is 14.2. The molecule has 154 valence electrons. The van der Waals surface area contributed by atoms with Gasteiger partial charge in [0.25, 0.3) is 0 Å². The fourth-order valence-electron chi connectivity index (χ4n) is 4.39. The van der Waals surface area contributed by atoms with Gasteiger partial charge in [0.1, 0.15) is 5.82 Å². The van der Waals surface area contributed by atoms with E-state index in [2.05, 4.69) is 50.0 Å². The van der Waals surface area contributed by atoms with Gasteiger partial charge in [0.2, 0.25) is 0 Å². The van der Waals surface area contributed by atoms with Crippen LogP contribution in [0.4, 0.5) is 4.39 Å². The molecule has 1 heteroatoms. The first kappa shape index (κ1) is 21.6. The molecule has 1 saturated carbocycles. The topological polar surface area (TPSA) is 0 Å². The lowest BCUT2D eigenvalue weighted by Gasteiger charge is -2.26. The van der Waals surface area contributed by atoms with Crippen molar-refractivity contribution in [2.24, 2.45) is 5.92 Å². The predicted octanol–water partition coefficient (Wildman–Crippen LogP) is 7.84. The maximum absolute atomic E-state index is 14.3. The minimum atomic E-state index is -0.0943. The van der Waals surface area contributed by atoms with Crippen molar-refractivity contribution in [1.82, 2.24) is 0 Å². The van der Waals surface area contributed by atoms with E-state index in [1.54, 1.807) is 6.07 Å². The number of rotatable bonds is 7. The van der Waals surface area contributed by atoms with E-state index in [0.29, 0.717) is 11.8 Å². The van der Waals surface area contributed by atoms with Gasteiger partial charge in [-0.25, -0.2) is 4.39 Å². The highest BCUT2D eigenvalue weighted by molar-refractivity contribution is 5.37. The molecule has 1 aliphatic rings. The van der Waals surface area contributed by atoms with Crippen LogP contribution in [0.25, 0.3) is 0 Å². The summed E-state index contributed by atoms with van der Waals surface area (Å²) < 4.78 is 14.3. The zero-order valence-corrected chi connectivity index (χ0v) is 18.1. The molecule has 2 aromatic carbocycles. The van der Waals surface area contributed by atoms with Crippen LogP contribution >= 0.6 is 0 Å². The Morgan fingerprint density at radius 1 is 0.862 bits per heavy atom. The molecule has 0 aliphatic heterocycles. The van der Waals surface area contributed by atoms with Gasteiger partial charge in [0, 0.05) is 11.5 Å². The molecule has 3 rings (SSSR count). The number of benzene rings is 2. The van der Waals surface area contributed by atoms with E-state index in [0.717, 1.165) is 49.7 Å². The highest BCUT2D eigenvalue weighted by Gasteiger charge is 2.21. The van der Waals surface area contributed by atoms with Crippen LogP contribution in [0.15, 0.2) is 42.5 Å². The first-order valence-corrected chi connectivity index (χ1v) is 11.6. The van der Waals surface area contributed by atoms with Crippen LogP contribution in [-0.2, 0) is 12.8 Å². The lowest BCUT2D eigenvalue weighted by molar-refractivity contribution is 0.384. The van der Waals surface area contributed by atoms with Crippen molar-refractivity contribution < 1.29 is 4.39 Å². The molecule has 0 radical (unpaired) electrons. The Morgan fingerprint density at radius 3 is 2.28 bits per heavy atom. The molecule has 0 aromatic heterocycles. The lowest BCUT2D eigenvalue weighted by atomic mass is 9.78. The monoisotopic (exact) mass is 390 g/mol. The SMILES string of the molecule is CCCCCc1ccc(C#C[C@H]2CC[C@H](c3ccc(CCC)cc3)CC2)cc1F. The van der Waals surface area contributed by atoms with Crippen LogP contribution < -0.4 is 0 Å². The number of hydrogen-bond acceptors (Lipinski definition) is 0. The summed E-state index contributed by atoms with van der Waals surface area (Å²) in [5, 5.41) is 0. The molecular formula is C28H35F. The van der Waals surface area contributed by atoms with E-state index >= 15 is 0 Å². The van der Waals surface area contributed by atoms with Crippen molar-refractivity contribution in [3.05, 3.63) is 70.5 Å². The van der Waals surface area contributed by atoms with Gasteiger partial charge >= 0.3 is 0 Å². The Labute approximate surface area is 176 Å². The maximum atomic E-state index is 14.3. The average Bonchev–Trinajstić information content (AvgIpc) is 2.75. The minimum absolute atomic E-state index is 0.0943. The molecular weight excluding hydrogens is 355 g/mol. The zero-order valence-electron chi connectivity index (χ0n) is 18.1. The van der Waals surface area contributed by atoms with Crippen LogP contribution in [0.5, 0.6) is 0 Å². The highest BCUT2D eigenvalue weighted by Crippen LogP contribution is 2.35. The Balaban J connectivity index is 1.52. The normalized spacial score (nSPS) is 18.9. The maximum Gasteiger partial charge on any atom is 0.127 e. The lowest BCUT2D eigenvalue weighted by Crippen LogP contribution is -2.12. The summed E-state index contributed by atoms with van der Waals surface area (Å²) in [6.45, 7) is 4.40. The van der Waals surface area contributed by atoms with E-state index in [4.69, 9.17) is 0 Å². The third-order valence-electron chi connectivity index (χ3n) is 6.24. The largest absolute Gasteiger partial charge is 0.207 e. The second kappa shape index (κ2) is 11.2. The highest BCUT2D eigenvalue weighted by atomic mass is 19.1. The summed E-state index contributed by atoms with van der Waals surface area (Å²) in [5.41, 5.74) is 4.57. The van der Waals surface area contributed by atoms with Crippen LogP contribution in [0.2, 0.25) is 0 Å². The number of unbranched alkanes of at least 4 members (excludes halogenated alkanes) is 2. The third-order valence-corrected chi connectivity index (χ3v) is 6.24. The van der Waals surface area contributed by atoms with Crippen molar-refractivity contribution in [3.63, 3.8) is 0 Å². The van der Waals surface area contributed by atoms with Crippen LogP contribution in [-0.4, -0.2) is 0 Å². The van der Waals surface area contributed by atoms with Crippen molar-refractivity contribution in [2.75, 3.05) is 0 Å². The summed E-state index contributed by atoms with van der Waals surface area (Å²) in [4.78, 5) is 0. The molecule has 0 heterocycles. The molecule has 0 saturated heterocycles. The molecule has 0 amide bonds. The smallest absolute Gasteiger partial charge is 0.127 e. The Kier molecular flexibility index (Phi) is 8.36. The van der Waals surface area contributed by atoms with Gasteiger partial charge in [-0.15, -0.1) is 0 Å². The van der Waals surface area contributed by atoms with Gasteiger partial charge in [-0.05, 0) is 79.7 Å². The molecule has 0 N–H and O–H groups in total. The van der Waals surface area contributed by atoms with E-state index in [1.165, 1.54) is 36.8 Å². The molecule has 2 aromatic rings. The fraction of sp³-hybridized carbons (Fsp3) is 0.500. The number of hydrogen-bond donors (Lipinski definition) is 0. The van der Waals surface area contributed by atoms with E-state index < -0.39 is 0 Å². The molecule has 0 bridgehead atoms. The predicted molar refractivity (Wildman–Crippen MR) is 122 cm³/mol. The molecule has 1 aliphatic carbocycles. The molecule has 0 spiro atoms. The quantitative estimate of drug-likeness (QED) is 0.334. The fourth-order valence-corrected chi connectivity index (χ4v) is 4.39. The van der Waals surface area contributed by atoms with Crippen LogP contribution in [0.1, 0.15) is 93.4 Å². The van der Waals surface area contributed by atoms with E-state index in [1.807, 2.05) is 12.1 Å². The summed E-state index contributed by atoms with van der Waals surface area (Å²) in [5.74, 6) is 7.67. The van der Waals surface area contributed by atoms with E-state index in [9.17, 15) is 4.39 Å². The average molecular weight is 391 g/mol. The second-order valence-electron chi connectivity index (χ2n) is 8.57. The van der Waals surface area contributed by atoms with Gasteiger partial charge in [-0.2, -0.15) is 0 Å². The van der Waals surface area contributed by atoms with Gasteiger partial charge in [0.05, 0.1) is 0 Å². The van der Waals surface area contributed by atoms with E-state index in [-0.39, 0.29) is 5.82 Å². The van der Waals surface area contributed by atoms with Crippen molar-refractivity contribution >= 4 is 0 Å². The summed E-state index contributed by atoms with van der Waals surface area (Å²) >= 11 is 0. The Hall–Kier alpha value is -2.07. The first-order valence-electron chi connectivity index (χ1n) is 11.6. The third kappa shape index (κ3) is 6.46. The second-order valence-corrected chi connectivity index (χ2v) is 8.57. The minimum Gasteiger partial charge on any atom is -0.207 e. The Morgan fingerprint density at radius 2 is 1.62 bits per heavy atom. The molecule has 0 atom stereocenters. The van der Waals surface area contributed by atoms with Gasteiger partial charge in [-0.1, -0.05) is 75.3 Å². The van der Waals surface area contributed by atoms with Crippen molar-refractivity contribution in [3.8, 4) is 11.8 Å². The Bertz CT molecular complexity index is 814. The summed E-state index contributed by atoms with van der Waals surface area (Å²) in [6.07, 6.45) is 11.3.